The number of aryl methyl sites for hydroxylation is 1. The number of hydrogen-bond acceptors (Lipinski definition) is 6. The van der Waals surface area contributed by atoms with Gasteiger partial charge in [-0.25, -0.2) is 4.79 Å². The fraction of sp³-hybridized carbons (Fsp3) is 0.176. The largest absolute Gasteiger partial charge is 0.462 e. The van der Waals surface area contributed by atoms with Crippen molar-refractivity contribution >= 4 is 64.0 Å². The number of hydrazone groups is 1. The first-order chi connectivity index (χ1) is 12.8. The lowest BCUT2D eigenvalue weighted by Gasteiger charge is -2.09. The van der Waals surface area contributed by atoms with Gasteiger partial charge in [-0.05, 0) is 50.3 Å². The van der Waals surface area contributed by atoms with Crippen LogP contribution in [0.1, 0.15) is 37.4 Å². The van der Waals surface area contributed by atoms with Crippen LogP contribution in [0.4, 0.5) is 5.69 Å². The van der Waals surface area contributed by atoms with Crippen molar-refractivity contribution in [1.29, 1.82) is 0 Å². The van der Waals surface area contributed by atoms with E-state index in [2.05, 4.69) is 15.8 Å². The molecule has 10 heteroatoms. The van der Waals surface area contributed by atoms with E-state index in [0.717, 1.165) is 0 Å². The summed E-state index contributed by atoms with van der Waals surface area (Å²) < 4.78 is 5.11. The third kappa shape index (κ3) is 5.49. The molecule has 0 spiro atoms. The second kappa shape index (κ2) is 9.45. The van der Waals surface area contributed by atoms with Crippen molar-refractivity contribution < 1.29 is 14.3 Å². The Balaban J connectivity index is 2.41. The maximum Gasteiger partial charge on any atom is 0.341 e. The fourth-order valence-electron chi connectivity index (χ4n) is 2.17. The van der Waals surface area contributed by atoms with Gasteiger partial charge in [-0.2, -0.15) is 5.10 Å². The van der Waals surface area contributed by atoms with Gasteiger partial charge in [-0.15, -0.1) is 11.3 Å². The van der Waals surface area contributed by atoms with E-state index in [1.807, 2.05) is 0 Å². The second-order valence-corrected chi connectivity index (χ2v) is 7.32. The summed E-state index contributed by atoms with van der Waals surface area (Å²) in [6, 6.07) is 6.39. The number of nitrogens with two attached hydrogens (primary N) is 1. The molecule has 27 heavy (non-hydrogen) atoms. The summed E-state index contributed by atoms with van der Waals surface area (Å²) in [7, 11) is 0. The first-order valence-electron chi connectivity index (χ1n) is 7.79. The zero-order valence-corrected chi connectivity index (χ0v) is 16.9. The van der Waals surface area contributed by atoms with Gasteiger partial charge in [0.05, 0.1) is 28.9 Å². The van der Waals surface area contributed by atoms with Gasteiger partial charge in [-0.3, -0.25) is 10.2 Å². The Hall–Kier alpha value is -2.49. The summed E-state index contributed by atoms with van der Waals surface area (Å²) in [6.07, 6.45) is 1.43. The van der Waals surface area contributed by atoms with Crippen LogP contribution >= 0.6 is 35.2 Å². The summed E-state index contributed by atoms with van der Waals surface area (Å²) >= 11 is 11.8. The lowest BCUT2D eigenvalue weighted by atomic mass is 10.1. The second-order valence-electron chi connectivity index (χ2n) is 5.19. The molecule has 142 valence electrons. The predicted octanol–water partition coefficient (Wildman–Crippen LogP) is 3.31. The summed E-state index contributed by atoms with van der Waals surface area (Å²) in [4.78, 5) is 26.2. The van der Waals surface area contributed by atoms with E-state index >= 15 is 0 Å². The van der Waals surface area contributed by atoms with Crippen LogP contribution in [0.15, 0.2) is 29.4 Å². The topological polar surface area (TPSA) is 106 Å². The fourth-order valence-corrected chi connectivity index (χ4v) is 3.33. The Labute approximate surface area is 170 Å². The monoisotopic (exact) mass is 424 g/mol. The quantitative estimate of drug-likeness (QED) is 0.284. The lowest BCUT2D eigenvalue weighted by Crippen LogP contribution is -2.24. The Bertz CT molecular complexity index is 894. The molecule has 0 saturated carbocycles. The Morgan fingerprint density at radius 1 is 1.37 bits per heavy atom. The molecule has 0 aliphatic rings. The highest BCUT2D eigenvalue weighted by Gasteiger charge is 2.24. The highest BCUT2D eigenvalue weighted by atomic mass is 35.5. The van der Waals surface area contributed by atoms with Crippen LogP contribution in [-0.4, -0.2) is 29.8 Å². The van der Waals surface area contributed by atoms with Crippen molar-refractivity contribution in [2.24, 2.45) is 10.8 Å². The number of esters is 1. The molecule has 1 amide bonds. The van der Waals surface area contributed by atoms with E-state index in [4.69, 9.17) is 34.3 Å². The molecule has 1 aromatic heterocycles. The predicted molar refractivity (Wildman–Crippen MR) is 112 cm³/mol. The molecular weight excluding hydrogens is 408 g/mol. The first-order valence-corrected chi connectivity index (χ1v) is 9.39. The number of nitrogens with one attached hydrogen (secondary N) is 2. The van der Waals surface area contributed by atoms with Gasteiger partial charge in [0.2, 0.25) is 0 Å². The number of nitrogens with zero attached hydrogens (tertiary/aromatic N) is 1. The maximum absolute atomic E-state index is 12.6. The number of hydrogen-bond donors (Lipinski definition) is 3. The van der Waals surface area contributed by atoms with E-state index in [1.54, 1.807) is 38.1 Å². The minimum absolute atomic E-state index is 0.00288. The number of amides is 1. The molecule has 0 atom stereocenters. The molecule has 0 radical (unpaired) electrons. The Kier molecular flexibility index (Phi) is 7.28. The van der Waals surface area contributed by atoms with Crippen molar-refractivity contribution in [3.8, 4) is 0 Å². The van der Waals surface area contributed by atoms with Crippen LogP contribution in [0.25, 0.3) is 0 Å². The average Bonchev–Trinajstić information content (AvgIpc) is 2.90. The van der Waals surface area contributed by atoms with Crippen LogP contribution in [-0.2, 0) is 4.74 Å². The van der Waals surface area contributed by atoms with Gasteiger partial charge in [-0.1, -0.05) is 11.6 Å². The van der Waals surface area contributed by atoms with Crippen molar-refractivity contribution in [1.82, 2.24) is 5.43 Å². The Morgan fingerprint density at radius 3 is 2.63 bits per heavy atom. The van der Waals surface area contributed by atoms with Crippen LogP contribution < -0.4 is 16.5 Å². The van der Waals surface area contributed by atoms with Crippen molar-refractivity contribution in [3.05, 3.63) is 50.2 Å². The average molecular weight is 425 g/mol. The number of thiocarbonyl (C=S) groups is 1. The third-order valence-electron chi connectivity index (χ3n) is 3.29. The van der Waals surface area contributed by atoms with Crippen molar-refractivity contribution in [3.63, 3.8) is 0 Å². The molecule has 0 saturated heterocycles. The molecule has 1 aromatic carbocycles. The molecule has 2 rings (SSSR count). The van der Waals surface area contributed by atoms with Gasteiger partial charge in [0.25, 0.3) is 5.91 Å². The molecule has 0 bridgehead atoms. The summed E-state index contributed by atoms with van der Waals surface area (Å²) in [5.74, 6) is -0.924. The standard InChI is InChI=1S/C17H17ClN4O3S2/c1-3-25-16(24)13-9(2)27-12(8-20-22-17(19)26)14(13)21-15(23)10-4-6-11(18)7-5-10/h4-8H,3H2,1-2H3,(H,21,23)(H3,19,22,26). The highest BCUT2D eigenvalue weighted by Crippen LogP contribution is 2.33. The van der Waals surface area contributed by atoms with Gasteiger partial charge in [0, 0.05) is 15.5 Å². The molecule has 4 N–H and O–H groups in total. The van der Waals surface area contributed by atoms with Gasteiger partial charge >= 0.3 is 5.97 Å². The molecular formula is C17H17ClN4O3S2. The number of rotatable bonds is 6. The molecule has 7 nitrogen and oxygen atoms in total. The number of carbonyl (C=O) groups excluding carboxylic acids is 2. The first kappa shape index (κ1) is 20.8. The number of anilines is 1. The van der Waals surface area contributed by atoms with Crippen molar-refractivity contribution in [2.45, 2.75) is 13.8 Å². The van der Waals surface area contributed by atoms with Crippen molar-refractivity contribution in [2.75, 3.05) is 11.9 Å². The number of thiophene rings is 1. The van der Waals surface area contributed by atoms with Crippen LogP contribution in [0, 0.1) is 6.92 Å². The summed E-state index contributed by atoms with van der Waals surface area (Å²) in [5.41, 5.74) is 8.76. The van der Waals surface area contributed by atoms with E-state index in [1.165, 1.54) is 17.6 Å². The van der Waals surface area contributed by atoms with E-state index in [0.29, 0.717) is 26.0 Å². The van der Waals surface area contributed by atoms with Crippen LogP contribution in [0.2, 0.25) is 5.02 Å². The molecule has 0 aliphatic heterocycles. The number of carbonyl (C=O) groups is 2. The smallest absolute Gasteiger partial charge is 0.341 e. The van der Waals surface area contributed by atoms with Crippen LogP contribution in [0.5, 0.6) is 0 Å². The summed E-state index contributed by atoms with van der Waals surface area (Å²) in [5, 5.41) is 7.17. The molecule has 2 aromatic rings. The van der Waals surface area contributed by atoms with Gasteiger partial charge < -0.3 is 15.8 Å². The maximum atomic E-state index is 12.6. The zero-order valence-electron chi connectivity index (χ0n) is 14.5. The van der Waals surface area contributed by atoms with E-state index in [-0.39, 0.29) is 17.3 Å². The summed E-state index contributed by atoms with van der Waals surface area (Å²) in [6.45, 7) is 3.68. The molecule has 1 heterocycles. The van der Waals surface area contributed by atoms with Gasteiger partial charge in [0.15, 0.2) is 5.11 Å². The third-order valence-corrected chi connectivity index (χ3v) is 4.68. The molecule has 0 fully saturated rings. The SMILES string of the molecule is CCOC(=O)c1c(C)sc(C=NNC(N)=S)c1NC(=O)c1ccc(Cl)cc1. The highest BCUT2D eigenvalue weighted by molar-refractivity contribution is 7.80. The number of benzene rings is 1. The molecule has 0 aliphatic carbocycles. The van der Waals surface area contributed by atoms with Crippen LogP contribution in [0.3, 0.4) is 0 Å². The van der Waals surface area contributed by atoms with Gasteiger partial charge in [0.1, 0.15) is 0 Å². The normalized spacial score (nSPS) is 10.6. The minimum atomic E-state index is -0.528. The number of ether oxygens (including phenoxy) is 1. The number of halogens is 1. The Morgan fingerprint density at radius 2 is 2.04 bits per heavy atom. The van der Waals surface area contributed by atoms with E-state index in [9.17, 15) is 9.59 Å². The zero-order chi connectivity index (χ0) is 20.0. The van der Waals surface area contributed by atoms with E-state index < -0.39 is 11.9 Å². The minimum Gasteiger partial charge on any atom is -0.462 e. The molecule has 0 unspecified atom stereocenters. The lowest BCUT2D eigenvalue weighted by molar-refractivity contribution is 0.0527.